The van der Waals surface area contributed by atoms with Crippen LogP contribution in [0.1, 0.15) is 47.1 Å². The molecule has 0 saturated carbocycles. The normalized spacial score (nSPS) is 18.9. The molecule has 1 aliphatic heterocycles. The Balaban J connectivity index is 0.00000127. The summed E-state index contributed by atoms with van der Waals surface area (Å²) in [5, 5.41) is 0. The van der Waals surface area contributed by atoms with E-state index in [4.69, 9.17) is 4.74 Å². The number of hydrogen-bond donors (Lipinski definition) is 0. The lowest BCUT2D eigenvalue weighted by atomic mass is 10.1. The van der Waals surface area contributed by atoms with Crippen molar-refractivity contribution in [3.63, 3.8) is 0 Å². The minimum Gasteiger partial charge on any atom is -0.444 e. The van der Waals surface area contributed by atoms with Crippen molar-refractivity contribution < 1.29 is 9.53 Å². The Morgan fingerprint density at radius 3 is 2.30 bits per heavy atom. The monoisotopic (exact) mass is 320 g/mol. The summed E-state index contributed by atoms with van der Waals surface area (Å²) in [4.78, 5) is 16.4. The van der Waals surface area contributed by atoms with Gasteiger partial charge in [-0.1, -0.05) is 44.2 Å². The van der Waals surface area contributed by atoms with Crippen molar-refractivity contribution in [3.8, 4) is 0 Å². The number of ether oxygens (including phenoxy) is 1. The average molecular weight is 320 g/mol. The van der Waals surface area contributed by atoms with E-state index >= 15 is 0 Å². The number of amides is 1. The van der Waals surface area contributed by atoms with E-state index < -0.39 is 5.60 Å². The molecule has 0 radical (unpaired) electrons. The Morgan fingerprint density at radius 2 is 1.78 bits per heavy atom. The highest BCUT2D eigenvalue weighted by atomic mass is 16.6. The second kappa shape index (κ2) is 8.92. The lowest BCUT2D eigenvalue weighted by Gasteiger charge is -2.40. The van der Waals surface area contributed by atoms with Crippen LogP contribution >= 0.6 is 0 Å². The fraction of sp³-hybridized carbons (Fsp3) is 0.632. The molecule has 0 aliphatic carbocycles. The van der Waals surface area contributed by atoms with Gasteiger partial charge in [-0.2, -0.15) is 0 Å². The molecule has 1 unspecified atom stereocenters. The number of carbonyl (C=O) groups excluding carboxylic acids is 1. The quantitative estimate of drug-likeness (QED) is 0.820. The van der Waals surface area contributed by atoms with Gasteiger partial charge in [0.1, 0.15) is 5.60 Å². The molecule has 0 spiro atoms. The summed E-state index contributed by atoms with van der Waals surface area (Å²) >= 11 is 0. The van der Waals surface area contributed by atoms with E-state index in [1.165, 1.54) is 5.56 Å². The van der Waals surface area contributed by atoms with Gasteiger partial charge in [0.05, 0.1) is 0 Å². The number of nitrogens with zero attached hydrogens (tertiary/aromatic N) is 2. The highest BCUT2D eigenvalue weighted by Gasteiger charge is 2.30. The van der Waals surface area contributed by atoms with E-state index in [0.29, 0.717) is 0 Å². The second-order valence-electron chi connectivity index (χ2n) is 6.74. The van der Waals surface area contributed by atoms with Gasteiger partial charge in [-0.05, 0) is 33.3 Å². The molecule has 1 aromatic carbocycles. The Hall–Kier alpha value is -1.55. The third-order valence-corrected chi connectivity index (χ3v) is 3.59. The zero-order valence-electron chi connectivity index (χ0n) is 15.5. The third-order valence-electron chi connectivity index (χ3n) is 3.59. The van der Waals surface area contributed by atoms with Gasteiger partial charge >= 0.3 is 6.09 Å². The van der Waals surface area contributed by atoms with E-state index in [-0.39, 0.29) is 12.1 Å². The standard InChI is InChI=1S/C17H26N2O2.C2H6/c1-14-12-18(13-15-8-6-5-7-9-15)10-11-19(14)16(20)21-17(2,3)4;1-2/h5-9,14H,10-13H2,1-4H3;1-2H3. The summed E-state index contributed by atoms with van der Waals surface area (Å²) in [5.41, 5.74) is 0.883. The Morgan fingerprint density at radius 1 is 1.17 bits per heavy atom. The first-order valence-electron chi connectivity index (χ1n) is 8.61. The molecule has 2 rings (SSSR count). The molecule has 4 heteroatoms. The molecule has 23 heavy (non-hydrogen) atoms. The molecule has 130 valence electrons. The molecule has 1 aromatic rings. The number of piperazine rings is 1. The number of hydrogen-bond acceptors (Lipinski definition) is 3. The zero-order valence-corrected chi connectivity index (χ0v) is 15.5. The van der Waals surface area contributed by atoms with Crippen LogP contribution in [0.5, 0.6) is 0 Å². The fourth-order valence-electron chi connectivity index (χ4n) is 2.61. The minimum absolute atomic E-state index is 0.178. The Labute approximate surface area is 141 Å². The van der Waals surface area contributed by atoms with Crippen LogP contribution < -0.4 is 0 Å². The SMILES string of the molecule is CC.CC1CN(Cc2ccccc2)CCN1C(=O)OC(C)(C)C. The predicted molar refractivity (Wildman–Crippen MR) is 95.5 cm³/mol. The maximum absolute atomic E-state index is 12.2. The van der Waals surface area contributed by atoms with Crippen molar-refractivity contribution in [2.24, 2.45) is 0 Å². The van der Waals surface area contributed by atoms with Gasteiger partial charge < -0.3 is 9.64 Å². The summed E-state index contributed by atoms with van der Waals surface area (Å²) in [6.07, 6.45) is -0.200. The van der Waals surface area contributed by atoms with Gasteiger partial charge in [-0.15, -0.1) is 0 Å². The first-order valence-corrected chi connectivity index (χ1v) is 8.61. The van der Waals surface area contributed by atoms with Gasteiger partial charge in [0.2, 0.25) is 0 Å². The van der Waals surface area contributed by atoms with Crippen LogP contribution in [0.25, 0.3) is 0 Å². The van der Waals surface area contributed by atoms with Gasteiger partial charge in [0.25, 0.3) is 0 Å². The molecule has 1 fully saturated rings. The first kappa shape index (κ1) is 19.5. The molecule has 0 aromatic heterocycles. The van der Waals surface area contributed by atoms with Crippen LogP contribution in [0.2, 0.25) is 0 Å². The van der Waals surface area contributed by atoms with Crippen molar-refractivity contribution >= 4 is 6.09 Å². The molecule has 1 heterocycles. The molecule has 1 atom stereocenters. The van der Waals surface area contributed by atoms with Crippen molar-refractivity contribution in [3.05, 3.63) is 35.9 Å². The number of benzene rings is 1. The smallest absolute Gasteiger partial charge is 0.410 e. The lowest BCUT2D eigenvalue weighted by molar-refractivity contribution is 0.000563. The third kappa shape index (κ3) is 6.61. The van der Waals surface area contributed by atoms with Crippen molar-refractivity contribution in [1.82, 2.24) is 9.80 Å². The van der Waals surface area contributed by atoms with Crippen molar-refractivity contribution in [2.45, 2.75) is 59.7 Å². The van der Waals surface area contributed by atoms with Crippen LogP contribution in [-0.2, 0) is 11.3 Å². The summed E-state index contributed by atoms with van der Waals surface area (Å²) in [6, 6.07) is 10.6. The summed E-state index contributed by atoms with van der Waals surface area (Å²) in [5.74, 6) is 0. The average Bonchev–Trinajstić information content (AvgIpc) is 2.48. The maximum Gasteiger partial charge on any atom is 0.410 e. The highest BCUT2D eigenvalue weighted by molar-refractivity contribution is 5.68. The van der Waals surface area contributed by atoms with E-state index in [9.17, 15) is 4.79 Å². The van der Waals surface area contributed by atoms with Gasteiger partial charge in [-0.25, -0.2) is 4.79 Å². The summed E-state index contributed by atoms with van der Waals surface area (Å²) < 4.78 is 5.47. The molecular weight excluding hydrogens is 288 g/mol. The Kier molecular flexibility index (Phi) is 7.56. The van der Waals surface area contributed by atoms with Crippen LogP contribution in [0.3, 0.4) is 0 Å². The van der Waals surface area contributed by atoms with Crippen LogP contribution in [-0.4, -0.2) is 47.2 Å². The van der Waals surface area contributed by atoms with Crippen LogP contribution in [0.15, 0.2) is 30.3 Å². The minimum atomic E-state index is -0.433. The van der Waals surface area contributed by atoms with Crippen LogP contribution in [0.4, 0.5) is 4.79 Å². The van der Waals surface area contributed by atoms with Crippen molar-refractivity contribution in [2.75, 3.05) is 19.6 Å². The highest BCUT2D eigenvalue weighted by Crippen LogP contribution is 2.17. The summed E-state index contributed by atoms with van der Waals surface area (Å²) in [7, 11) is 0. The Bertz CT molecular complexity index is 468. The second-order valence-corrected chi connectivity index (χ2v) is 6.74. The molecular formula is C19H32N2O2. The van der Waals surface area contributed by atoms with Gasteiger partial charge in [-0.3, -0.25) is 4.90 Å². The number of carbonyl (C=O) groups is 1. The summed E-state index contributed by atoms with van der Waals surface area (Å²) in [6.45, 7) is 15.2. The van der Waals surface area contributed by atoms with Gasteiger partial charge in [0.15, 0.2) is 0 Å². The molecule has 1 aliphatic rings. The zero-order chi connectivity index (χ0) is 17.5. The van der Waals surface area contributed by atoms with Gasteiger partial charge in [0, 0.05) is 32.2 Å². The molecule has 0 N–H and O–H groups in total. The van der Waals surface area contributed by atoms with E-state index in [0.717, 1.165) is 26.2 Å². The maximum atomic E-state index is 12.2. The molecule has 0 bridgehead atoms. The van der Waals surface area contributed by atoms with E-state index in [1.54, 1.807) is 0 Å². The van der Waals surface area contributed by atoms with E-state index in [2.05, 4.69) is 36.1 Å². The topological polar surface area (TPSA) is 32.8 Å². The number of rotatable bonds is 2. The molecule has 1 amide bonds. The largest absolute Gasteiger partial charge is 0.444 e. The van der Waals surface area contributed by atoms with E-state index in [1.807, 2.05) is 45.6 Å². The first-order chi connectivity index (χ1) is 10.8. The fourth-order valence-corrected chi connectivity index (χ4v) is 2.61. The predicted octanol–water partition coefficient (Wildman–Crippen LogP) is 4.15. The lowest BCUT2D eigenvalue weighted by Crippen LogP contribution is -2.54. The van der Waals surface area contributed by atoms with Crippen LogP contribution in [0, 0.1) is 0 Å². The van der Waals surface area contributed by atoms with Crippen molar-refractivity contribution in [1.29, 1.82) is 0 Å². The molecule has 1 saturated heterocycles. The molecule has 4 nitrogen and oxygen atoms in total.